The smallest absolute Gasteiger partial charge is 0.129 e. The highest BCUT2D eigenvalue weighted by Gasteiger charge is 2.18. The lowest BCUT2D eigenvalue weighted by molar-refractivity contribution is 0.482. The summed E-state index contributed by atoms with van der Waals surface area (Å²) < 4.78 is 27.5. The van der Waals surface area contributed by atoms with Crippen LogP contribution in [0.25, 0.3) is 0 Å². The zero-order valence-electron chi connectivity index (χ0n) is 11.3. The van der Waals surface area contributed by atoms with Crippen molar-refractivity contribution < 1.29 is 8.78 Å². The van der Waals surface area contributed by atoms with Gasteiger partial charge in [-0.1, -0.05) is 13.0 Å². The topological polar surface area (TPSA) is 37.8 Å². The Balaban J connectivity index is 2.24. The summed E-state index contributed by atoms with van der Waals surface area (Å²) in [5, 5.41) is 3.25. The van der Waals surface area contributed by atoms with Gasteiger partial charge in [0.05, 0.1) is 11.7 Å². The Morgan fingerprint density at radius 2 is 1.95 bits per heavy atom. The minimum absolute atomic E-state index is 0.0757. The second-order valence-corrected chi connectivity index (χ2v) is 4.54. The maximum Gasteiger partial charge on any atom is 0.129 e. The van der Waals surface area contributed by atoms with Gasteiger partial charge in [-0.05, 0) is 31.5 Å². The third-order valence-corrected chi connectivity index (χ3v) is 3.05. The molecule has 0 bridgehead atoms. The van der Waals surface area contributed by atoms with Gasteiger partial charge in [0.2, 0.25) is 0 Å². The molecule has 1 heterocycles. The molecule has 0 aliphatic rings. The van der Waals surface area contributed by atoms with Crippen molar-refractivity contribution in [1.82, 2.24) is 15.3 Å². The lowest BCUT2D eigenvalue weighted by Crippen LogP contribution is -2.25. The minimum Gasteiger partial charge on any atom is -0.308 e. The van der Waals surface area contributed by atoms with Crippen LogP contribution < -0.4 is 5.32 Å². The molecule has 0 spiro atoms. The third-order valence-electron chi connectivity index (χ3n) is 3.05. The van der Waals surface area contributed by atoms with Gasteiger partial charge in [0.15, 0.2) is 0 Å². The van der Waals surface area contributed by atoms with E-state index in [0.29, 0.717) is 5.69 Å². The van der Waals surface area contributed by atoms with Crippen molar-refractivity contribution in [2.75, 3.05) is 6.54 Å². The Hall–Kier alpha value is -1.88. The summed E-state index contributed by atoms with van der Waals surface area (Å²) in [5.74, 6) is -1.06. The molecule has 0 amide bonds. The molecule has 106 valence electrons. The van der Waals surface area contributed by atoms with Crippen molar-refractivity contribution >= 4 is 0 Å². The summed E-state index contributed by atoms with van der Waals surface area (Å²) in [6, 6.07) is 3.65. The average molecular weight is 277 g/mol. The van der Waals surface area contributed by atoms with E-state index in [0.717, 1.165) is 13.0 Å². The van der Waals surface area contributed by atoms with E-state index < -0.39 is 11.6 Å². The summed E-state index contributed by atoms with van der Waals surface area (Å²) in [6.45, 7) is 2.78. The average Bonchev–Trinajstić information content (AvgIpc) is 2.47. The molecule has 0 aliphatic heterocycles. The lowest BCUT2D eigenvalue weighted by Gasteiger charge is -2.18. The standard InChI is InChI=1S/C15H17F2N3/c1-2-6-19-14(15-10-18-7-8-20-15)9-11-12(16)4-3-5-13(11)17/h3-5,7-8,10,14,19H,2,6,9H2,1H3. The van der Waals surface area contributed by atoms with Crippen LogP contribution in [-0.4, -0.2) is 16.5 Å². The second kappa shape index (κ2) is 7.05. The lowest BCUT2D eigenvalue weighted by atomic mass is 10.0. The monoisotopic (exact) mass is 277 g/mol. The molecule has 0 aliphatic carbocycles. The van der Waals surface area contributed by atoms with Crippen LogP contribution in [0.4, 0.5) is 8.78 Å². The van der Waals surface area contributed by atoms with Crippen LogP contribution in [-0.2, 0) is 6.42 Å². The number of aromatic nitrogens is 2. The quantitative estimate of drug-likeness (QED) is 0.882. The summed E-state index contributed by atoms with van der Waals surface area (Å²) in [6.07, 6.45) is 5.90. The Bertz CT molecular complexity index is 526. The molecular weight excluding hydrogens is 260 g/mol. The van der Waals surface area contributed by atoms with Crippen molar-refractivity contribution in [2.45, 2.75) is 25.8 Å². The molecule has 0 fully saturated rings. The van der Waals surface area contributed by atoms with Crippen molar-refractivity contribution in [3.05, 3.63) is 59.7 Å². The van der Waals surface area contributed by atoms with Crippen molar-refractivity contribution in [2.24, 2.45) is 0 Å². The van der Waals surface area contributed by atoms with Crippen LogP contribution in [0.5, 0.6) is 0 Å². The molecule has 0 radical (unpaired) electrons. The van der Waals surface area contributed by atoms with Crippen LogP contribution in [0.3, 0.4) is 0 Å². The summed E-state index contributed by atoms with van der Waals surface area (Å²) >= 11 is 0. The van der Waals surface area contributed by atoms with E-state index in [1.165, 1.54) is 18.2 Å². The molecule has 2 aromatic rings. The second-order valence-electron chi connectivity index (χ2n) is 4.54. The molecule has 1 aromatic heterocycles. The zero-order chi connectivity index (χ0) is 14.4. The number of rotatable bonds is 6. The number of benzene rings is 1. The zero-order valence-corrected chi connectivity index (χ0v) is 11.3. The first-order chi connectivity index (χ1) is 9.72. The first kappa shape index (κ1) is 14.5. The molecule has 20 heavy (non-hydrogen) atoms. The Morgan fingerprint density at radius 1 is 1.20 bits per heavy atom. The van der Waals surface area contributed by atoms with Gasteiger partial charge >= 0.3 is 0 Å². The Morgan fingerprint density at radius 3 is 2.55 bits per heavy atom. The van der Waals surface area contributed by atoms with Crippen LogP contribution in [0.2, 0.25) is 0 Å². The van der Waals surface area contributed by atoms with E-state index in [-0.39, 0.29) is 18.0 Å². The van der Waals surface area contributed by atoms with E-state index in [2.05, 4.69) is 15.3 Å². The van der Waals surface area contributed by atoms with Crippen LogP contribution in [0, 0.1) is 11.6 Å². The summed E-state index contributed by atoms with van der Waals surface area (Å²) in [4.78, 5) is 8.23. The minimum atomic E-state index is -0.530. The number of hydrogen-bond donors (Lipinski definition) is 1. The van der Waals surface area contributed by atoms with Gasteiger partial charge in [0.1, 0.15) is 11.6 Å². The van der Waals surface area contributed by atoms with Crippen LogP contribution in [0.15, 0.2) is 36.8 Å². The highest BCUT2D eigenvalue weighted by Crippen LogP contribution is 2.20. The van der Waals surface area contributed by atoms with Crippen LogP contribution >= 0.6 is 0 Å². The predicted molar refractivity (Wildman–Crippen MR) is 73.1 cm³/mol. The van der Waals surface area contributed by atoms with E-state index in [1.807, 2.05) is 6.92 Å². The van der Waals surface area contributed by atoms with E-state index in [1.54, 1.807) is 18.6 Å². The number of nitrogens with one attached hydrogen (secondary N) is 1. The predicted octanol–water partition coefficient (Wildman–Crippen LogP) is 3.04. The SMILES string of the molecule is CCCNC(Cc1c(F)cccc1F)c1cnccn1. The highest BCUT2D eigenvalue weighted by atomic mass is 19.1. The van der Waals surface area contributed by atoms with Gasteiger partial charge in [-0.25, -0.2) is 8.78 Å². The molecule has 2 rings (SSSR count). The van der Waals surface area contributed by atoms with Gasteiger partial charge in [0, 0.05) is 24.2 Å². The normalized spacial score (nSPS) is 12.3. The first-order valence-corrected chi connectivity index (χ1v) is 6.64. The maximum absolute atomic E-state index is 13.7. The molecule has 5 heteroatoms. The van der Waals surface area contributed by atoms with Crippen LogP contribution in [0.1, 0.15) is 30.6 Å². The van der Waals surface area contributed by atoms with Crippen molar-refractivity contribution in [3.63, 3.8) is 0 Å². The largest absolute Gasteiger partial charge is 0.308 e. The molecule has 1 unspecified atom stereocenters. The number of halogens is 2. The maximum atomic E-state index is 13.7. The van der Waals surface area contributed by atoms with E-state index >= 15 is 0 Å². The summed E-state index contributed by atoms with van der Waals surface area (Å²) in [5.41, 5.74) is 0.760. The fourth-order valence-electron chi connectivity index (χ4n) is 2.02. The number of hydrogen-bond acceptors (Lipinski definition) is 3. The number of nitrogens with zero attached hydrogens (tertiary/aromatic N) is 2. The third kappa shape index (κ3) is 3.57. The highest BCUT2D eigenvalue weighted by molar-refractivity contribution is 5.22. The fraction of sp³-hybridized carbons (Fsp3) is 0.333. The Kier molecular flexibility index (Phi) is 5.12. The van der Waals surface area contributed by atoms with Gasteiger partial charge < -0.3 is 5.32 Å². The molecule has 0 saturated carbocycles. The van der Waals surface area contributed by atoms with Crippen molar-refractivity contribution in [3.8, 4) is 0 Å². The molecular formula is C15H17F2N3. The van der Waals surface area contributed by atoms with Gasteiger partial charge in [-0.15, -0.1) is 0 Å². The molecule has 0 saturated heterocycles. The van der Waals surface area contributed by atoms with Crippen molar-refractivity contribution in [1.29, 1.82) is 0 Å². The Labute approximate surface area is 117 Å². The molecule has 1 N–H and O–H groups in total. The molecule has 3 nitrogen and oxygen atoms in total. The molecule has 1 aromatic carbocycles. The molecule has 1 atom stereocenters. The van der Waals surface area contributed by atoms with E-state index in [4.69, 9.17) is 0 Å². The van der Waals surface area contributed by atoms with Gasteiger partial charge in [-0.3, -0.25) is 9.97 Å². The first-order valence-electron chi connectivity index (χ1n) is 6.64. The fourth-order valence-corrected chi connectivity index (χ4v) is 2.02. The van der Waals surface area contributed by atoms with Gasteiger partial charge in [0.25, 0.3) is 0 Å². The summed E-state index contributed by atoms with van der Waals surface area (Å²) in [7, 11) is 0. The van der Waals surface area contributed by atoms with E-state index in [9.17, 15) is 8.78 Å². The van der Waals surface area contributed by atoms with Gasteiger partial charge in [-0.2, -0.15) is 0 Å².